The zero-order valence-corrected chi connectivity index (χ0v) is 13.0. The molecule has 0 fully saturated rings. The van der Waals surface area contributed by atoms with E-state index in [-0.39, 0.29) is 5.91 Å². The molecule has 1 amide bonds. The molecule has 0 saturated carbocycles. The highest BCUT2D eigenvalue weighted by molar-refractivity contribution is 5.76. The lowest BCUT2D eigenvalue weighted by molar-refractivity contribution is -0.121. The van der Waals surface area contributed by atoms with Crippen molar-refractivity contribution >= 4 is 5.91 Å². The third-order valence-corrected chi connectivity index (χ3v) is 3.70. The van der Waals surface area contributed by atoms with Crippen molar-refractivity contribution in [2.24, 2.45) is 7.05 Å². The van der Waals surface area contributed by atoms with Crippen LogP contribution in [0.2, 0.25) is 0 Å². The molecule has 0 radical (unpaired) electrons. The number of benzene rings is 1. The van der Waals surface area contributed by atoms with Gasteiger partial charge in [0.2, 0.25) is 5.91 Å². The number of aryl methyl sites for hydroxylation is 2. The largest absolute Gasteiger partial charge is 0.441 e. The van der Waals surface area contributed by atoms with Crippen molar-refractivity contribution in [1.82, 2.24) is 14.9 Å². The van der Waals surface area contributed by atoms with Gasteiger partial charge in [-0.3, -0.25) is 4.79 Å². The van der Waals surface area contributed by atoms with Crippen molar-refractivity contribution in [3.63, 3.8) is 0 Å². The Morgan fingerprint density at radius 2 is 2.04 bits per heavy atom. The van der Waals surface area contributed by atoms with Gasteiger partial charge in [0.1, 0.15) is 0 Å². The van der Waals surface area contributed by atoms with Crippen molar-refractivity contribution < 1.29 is 9.21 Å². The lowest BCUT2D eigenvalue weighted by Gasteiger charge is -2.05. The molecule has 5 nitrogen and oxygen atoms in total. The summed E-state index contributed by atoms with van der Waals surface area (Å²) >= 11 is 0. The lowest BCUT2D eigenvalue weighted by atomic mass is 10.2. The molecule has 118 valence electrons. The van der Waals surface area contributed by atoms with E-state index in [2.05, 4.69) is 10.3 Å². The van der Waals surface area contributed by atoms with Crippen molar-refractivity contribution in [2.75, 3.05) is 0 Å². The molecule has 0 aliphatic heterocycles. The Kier molecular flexibility index (Phi) is 4.57. The van der Waals surface area contributed by atoms with E-state index in [0.29, 0.717) is 25.3 Å². The highest BCUT2D eigenvalue weighted by atomic mass is 16.4. The number of hydrogen-bond donors (Lipinski definition) is 1. The van der Waals surface area contributed by atoms with Gasteiger partial charge in [0.15, 0.2) is 11.7 Å². The third-order valence-electron chi connectivity index (χ3n) is 3.70. The Hall–Kier alpha value is -2.82. The van der Waals surface area contributed by atoms with E-state index >= 15 is 0 Å². The molecule has 0 aliphatic rings. The molecule has 0 bridgehead atoms. The van der Waals surface area contributed by atoms with Crippen LogP contribution in [0, 0.1) is 0 Å². The molecule has 0 saturated heterocycles. The average Bonchev–Trinajstić information content (AvgIpc) is 3.21. The maximum absolute atomic E-state index is 11.9. The van der Waals surface area contributed by atoms with Crippen LogP contribution in [0.5, 0.6) is 0 Å². The van der Waals surface area contributed by atoms with Crippen molar-refractivity contribution in [3.05, 3.63) is 66.4 Å². The van der Waals surface area contributed by atoms with Crippen LogP contribution in [0.1, 0.15) is 18.0 Å². The molecule has 3 aromatic rings. The van der Waals surface area contributed by atoms with Gasteiger partial charge < -0.3 is 14.3 Å². The van der Waals surface area contributed by atoms with E-state index in [9.17, 15) is 4.79 Å². The van der Waals surface area contributed by atoms with Gasteiger partial charge in [-0.15, -0.1) is 0 Å². The minimum Gasteiger partial charge on any atom is -0.441 e. The Bertz CT molecular complexity index is 774. The topological polar surface area (TPSA) is 60.1 Å². The van der Waals surface area contributed by atoms with Gasteiger partial charge in [-0.05, 0) is 12.1 Å². The lowest BCUT2D eigenvalue weighted by Crippen LogP contribution is -2.24. The first-order valence-electron chi connectivity index (χ1n) is 7.59. The van der Waals surface area contributed by atoms with Gasteiger partial charge in [-0.2, -0.15) is 0 Å². The van der Waals surface area contributed by atoms with Gasteiger partial charge in [0.05, 0.1) is 12.7 Å². The summed E-state index contributed by atoms with van der Waals surface area (Å²) in [5.41, 5.74) is 2.06. The molecule has 3 rings (SSSR count). The maximum Gasteiger partial charge on any atom is 0.220 e. The highest BCUT2D eigenvalue weighted by Crippen LogP contribution is 2.20. The average molecular weight is 309 g/mol. The molecule has 23 heavy (non-hydrogen) atoms. The van der Waals surface area contributed by atoms with Gasteiger partial charge in [0, 0.05) is 37.3 Å². The molecule has 0 aliphatic carbocycles. The summed E-state index contributed by atoms with van der Waals surface area (Å²) in [6.45, 7) is 0.531. The molecule has 1 N–H and O–H groups in total. The smallest absolute Gasteiger partial charge is 0.220 e. The van der Waals surface area contributed by atoms with Crippen molar-refractivity contribution in [2.45, 2.75) is 19.4 Å². The Labute approximate surface area is 135 Å². The molecular formula is C18H19N3O2. The summed E-state index contributed by atoms with van der Waals surface area (Å²) in [5, 5.41) is 2.91. The zero-order chi connectivity index (χ0) is 16.1. The maximum atomic E-state index is 11.9. The quantitative estimate of drug-likeness (QED) is 0.761. The number of nitrogens with one attached hydrogen (secondary N) is 1. The van der Waals surface area contributed by atoms with Crippen LogP contribution in [0.25, 0.3) is 11.3 Å². The van der Waals surface area contributed by atoms with Crippen LogP contribution in [0.3, 0.4) is 0 Å². The number of nitrogens with zero attached hydrogens (tertiary/aromatic N) is 2. The van der Waals surface area contributed by atoms with Crippen LogP contribution in [-0.4, -0.2) is 15.5 Å². The van der Waals surface area contributed by atoms with Crippen LogP contribution >= 0.6 is 0 Å². The van der Waals surface area contributed by atoms with E-state index in [0.717, 1.165) is 17.0 Å². The number of oxazole rings is 1. The predicted molar refractivity (Wildman–Crippen MR) is 87.5 cm³/mol. The summed E-state index contributed by atoms with van der Waals surface area (Å²) in [5.74, 6) is 1.30. The molecule has 2 aromatic heterocycles. The second-order valence-corrected chi connectivity index (χ2v) is 5.37. The van der Waals surface area contributed by atoms with E-state index in [1.165, 1.54) is 0 Å². The van der Waals surface area contributed by atoms with Gasteiger partial charge in [-0.1, -0.05) is 30.3 Å². The second-order valence-electron chi connectivity index (χ2n) is 5.37. The number of carbonyl (C=O) groups is 1. The Morgan fingerprint density at radius 3 is 2.78 bits per heavy atom. The summed E-state index contributed by atoms with van der Waals surface area (Å²) in [6, 6.07) is 13.7. The first kappa shape index (κ1) is 15.1. The highest BCUT2D eigenvalue weighted by Gasteiger charge is 2.09. The van der Waals surface area contributed by atoms with Crippen LogP contribution in [0.4, 0.5) is 0 Å². The van der Waals surface area contributed by atoms with E-state index in [1.807, 2.05) is 60.3 Å². The molecule has 0 spiro atoms. The summed E-state index contributed by atoms with van der Waals surface area (Å²) in [6.07, 6.45) is 4.51. The number of rotatable bonds is 6. The van der Waals surface area contributed by atoms with Crippen molar-refractivity contribution in [1.29, 1.82) is 0 Å². The second kappa shape index (κ2) is 6.96. The number of aromatic nitrogens is 2. The molecule has 0 atom stereocenters. The van der Waals surface area contributed by atoms with Gasteiger partial charge in [0.25, 0.3) is 0 Å². The van der Waals surface area contributed by atoms with Gasteiger partial charge in [-0.25, -0.2) is 4.98 Å². The first-order chi connectivity index (χ1) is 11.2. The molecule has 5 heteroatoms. The fourth-order valence-corrected chi connectivity index (χ4v) is 2.34. The number of carbonyl (C=O) groups excluding carboxylic acids is 1. The number of hydrogen-bond acceptors (Lipinski definition) is 3. The zero-order valence-electron chi connectivity index (χ0n) is 13.0. The SMILES string of the molecule is Cn1cccc1CNC(=O)CCc1ncc(-c2ccccc2)o1. The van der Waals surface area contributed by atoms with Crippen LogP contribution in [-0.2, 0) is 24.8 Å². The third kappa shape index (κ3) is 3.88. The monoisotopic (exact) mass is 309 g/mol. The van der Waals surface area contributed by atoms with E-state index in [1.54, 1.807) is 6.20 Å². The molecule has 1 aromatic carbocycles. The normalized spacial score (nSPS) is 10.7. The summed E-state index contributed by atoms with van der Waals surface area (Å²) in [7, 11) is 1.96. The summed E-state index contributed by atoms with van der Waals surface area (Å²) in [4.78, 5) is 16.1. The molecule has 0 unspecified atom stereocenters. The minimum absolute atomic E-state index is 0.00865. The fraction of sp³-hybridized carbons (Fsp3) is 0.222. The first-order valence-corrected chi connectivity index (χ1v) is 7.59. The minimum atomic E-state index is -0.00865. The summed E-state index contributed by atoms with van der Waals surface area (Å²) < 4.78 is 7.68. The van der Waals surface area contributed by atoms with Gasteiger partial charge >= 0.3 is 0 Å². The molecular weight excluding hydrogens is 290 g/mol. The Morgan fingerprint density at radius 1 is 1.22 bits per heavy atom. The van der Waals surface area contributed by atoms with E-state index in [4.69, 9.17) is 4.42 Å². The van der Waals surface area contributed by atoms with Crippen LogP contribution in [0.15, 0.2) is 59.3 Å². The van der Waals surface area contributed by atoms with E-state index < -0.39 is 0 Å². The van der Waals surface area contributed by atoms with Crippen molar-refractivity contribution in [3.8, 4) is 11.3 Å². The molecule has 2 heterocycles. The fourth-order valence-electron chi connectivity index (χ4n) is 2.34. The number of amides is 1. The van der Waals surface area contributed by atoms with Crippen LogP contribution < -0.4 is 5.32 Å². The standard InChI is InChI=1S/C18H19N3O2/c1-21-11-5-8-15(21)12-19-17(22)9-10-18-20-13-16(23-18)14-6-3-2-4-7-14/h2-8,11,13H,9-10,12H2,1H3,(H,19,22). The Balaban J connectivity index is 1.50. The predicted octanol–water partition coefficient (Wildman–Crippen LogP) is 2.93.